The van der Waals surface area contributed by atoms with E-state index in [1.165, 1.54) is 4.31 Å². The molecule has 0 spiro atoms. The number of amides is 1. The van der Waals surface area contributed by atoms with Gasteiger partial charge in [0.15, 0.2) is 0 Å². The van der Waals surface area contributed by atoms with Crippen molar-refractivity contribution in [3.8, 4) is 5.75 Å². The normalized spacial score (nSPS) is 17.5. The van der Waals surface area contributed by atoms with Crippen LogP contribution < -0.4 is 10.1 Å². The summed E-state index contributed by atoms with van der Waals surface area (Å²) < 4.78 is 33.0. The molecule has 7 heteroatoms. The Morgan fingerprint density at radius 1 is 1.13 bits per heavy atom. The maximum atomic E-state index is 12.9. The van der Waals surface area contributed by atoms with Crippen LogP contribution in [0.25, 0.3) is 0 Å². The quantitative estimate of drug-likeness (QED) is 0.685. The molecule has 0 radical (unpaired) electrons. The van der Waals surface area contributed by atoms with Gasteiger partial charge in [-0.15, -0.1) is 0 Å². The summed E-state index contributed by atoms with van der Waals surface area (Å²) in [4.78, 5) is 12.9. The number of nitrogens with one attached hydrogen (secondary N) is 1. The zero-order chi connectivity index (χ0) is 21.7. The second-order valence-corrected chi connectivity index (χ2v) is 9.79. The molecule has 1 amide bonds. The van der Waals surface area contributed by atoms with Crippen LogP contribution in [-0.4, -0.2) is 44.9 Å². The summed E-state index contributed by atoms with van der Waals surface area (Å²) in [5, 5.41) is 2.89. The Balaban J connectivity index is 1.53. The molecule has 0 aromatic heterocycles. The Morgan fingerprint density at radius 3 is 2.60 bits per heavy atom. The van der Waals surface area contributed by atoms with Gasteiger partial charge in [-0.05, 0) is 62.9 Å². The van der Waals surface area contributed by atoms with E-state index < -0.39 is 10.0 Å². The highest BCUT2D eigenvalue weighted by atomic mass is 32.2. The maximum Gasteiger partial charge on any atom is 0.243 e. The van der Waals surface area contributed by atoms with Gasteiger partial charge >= 0.3 is 0 Å². The summed E-state index contributed by atoms with van der Waals surface area (Å²) in [6.07, 6.45) is 1.35. The second-order valence-electron chi connectivity index (χ2n) is 7.85. The Labute approximate surface area is 179 Å². The molecular formula is C23H30N2O4S. The predicted molar refractivity (Wildman–Crippen MR) is 117 cm³/mol. The van der Waals surface area contributed by atoms with Crippen LogP contribution in [0.5, 0.6) is 5.75 Å². The van der Waals surface area contributed by atoms with Crippen molar-refractivity contribution >= 4 is 15.9 Å². The van der Waals surface area contributed by atoms with Gasteiger partial charge in [-0.2, -0.15) is 4.31 Å². The van der Waals surface area contributed by atoms with Crippen LogP contribution in [0.4, 0.5) is 0 Å². The molecule has 30 heavy (non-hydrogen) atoms. The lowest BCUT2D eigenvalue weighted by molar-refractivity contribution is -0.126. The molecule has 1 fully saturated rings. The molecule has 0 saturated carbocycles. The summed E-state index contributed by atoms with van der Waals surface area (Å²) in [5.74, 6) is 0.348. The number of piperidine rings is 1. The standard InChI is InChI=1S/C23H30N2O4S/c1-17-9-11-21(12-10-17)30(27,28)25-14-5-7-20(16-25)23(26)24-13-15-29-22-8-4-6-18(2)19(22)3/h4,6,8-12,20H,5,7,13-16H2,1-3H3,(H,24,26)/t20-/m1/s1. The van der Waals surface area contributed by atoms with E-state index in [2.05, 4.69) is 5.32 Å². The number of benzene rings is 2. The monoisotopic (exact) mass is 430 g/mol. The minimum Gasteiger partial charge on any atom is -0.491 e. The van der Waals surface area contributed by atoms with Crippen LogP contribution >= 0.6 is 0 Å². The average Bonchev–Trinajstić information content (AvgIpc) is 2.74. The van der Waals surface area contributed by atoms with Gasteiger partial charge in [-0.25, -0.2) is 8.42 Å². The van der Waals surface area contributed by atoms with Gasteiger partial charge in [0, 0.05) is 13.1 Å². The molecule has 2 aromatic rings. The molecule has 0 aliphatic carbocycles. The van der Waals surface area contributed by atoms with Crippen LogP contribution in [0.2, 0.25) is 0 Å². The maximum absolute atomic E-state index is 12.9. The van der Waals surface area contributed by atoms with E-state index in [1.54, 1.807) is 24.3 Å². The average molecular weight is 431 g/mol. The van der Waals surface area contributed by atoms with Crippen molar-refractivity contribution in [1.82, 2.24) is 9.62 Å². The van der Waals surface area contributed by atoms with Gasteiger partial charge in [-0.3, -0.25) is 4.79 Å². The van der Waals surface area contributed by atoms with Crippen molar-refractivity contribution in [2.75, 3.05) is 26.2 Å². The van der Waals surface area contributed by atoms with Crippen molar-refractivity contribution in [3.63, 3.8) is 0 Å². The van der Waals surface area contributed by atoms with Crippen LogP contribution in [0.3, 0.4) is 0 Å². The SMILES string of the molecule is Cc1ccc(S(=O)(=O)N2CCC[C@@H](C(=O)NCCOc3cccc(C)c3C)C2)cc1. The molecule has 1 saturated heterocycles. The van der Waals surface area contributed by atoms with E-state index in [4.69, 9.17) is 4.74 Å². The predicted octanol–water partition coefficient (Wildman–Crippen LogP) is 3.21. The zero-order valence-corrected chi connectivity index (χ0v) is 18.7. The van der Waals surface area contributed by atoms with Crippen molar-refractivity contribution in [2.45, 2.75) is 38.5 Å². The summed E-state index contributed by atoms with van der Waals surface area (Å²) in [6.45, 7) is 7.36. The molecule has 0 unspecified atom stereocenters. The van der Waals surface area contributed by atoms with Gasteiger partial charge in [0.05, 0.1) is 17.4 Å². The van der Waals surface area contributed by atoms with Gasteiger partial charge in [0.25, 0.3) is 0 Å². The van der Waals surface area contributed by atoms with Gasteiger partial charge in [0.2, 0.25) is 15.9 Å². The first-order chi connectivity index (χ1) is 14.3. The lowest BCUT2D eigenvalue weighted by Crippen LogP contribution is -2.45. The van der Waals surface area contributed by atoms with E-state index in [0.717, 1.165) is 22.4 Å². The number of carbonyl (C=O) groups excluding carboxylic acids is 1. The summed E-state index contributed by atoms with van der Waals surface area (Å²) in [5.41, 5.74) is 3.26. The van der Waals surface area contributed by atoms with E-state index >= 15 is 0 Å². The fraction of sp³-hybridized carbons (Fsp3) is 0.435. The molecule has 2 aromatic carbocycles. The van der Waals surface area contributed by atoms with E-state index in [1.807, 2.05) is 39.0 Å². The van der Waals surface area contributed by atoms with Crippen molar-refractivity contribution < 1.29 is 17.9 Å². The number of hydrogen-bond donors (Lipinski definition) is 1. The van der Waals surface area contributed by atoms with Crippen molar-refractivity contribution in [2.24, 2.45) is 5.92 Å². The summed E-state index contributed by atoms with van der Waals surface area (Å²) >= 11 is 0. The highest BCUT2D eigenvalue weighted by Crippen LogP contribution is 2.24. The first-order valence-electron chi connectivity index (χ1n) is 10.3. The largest absolute Gasteiger partial charge is 0.491 e. The van der Waals surface area contributed by atoms with Crippen LogP contribution in [0.15, 0.2) is 47.4 Å². The molecule has 3 rings (SSSR count). The Bertz CT molecular complexity index is 987. The number of sulfonamides is 1. The first kappa shape index (κ1) is 22.3. The second kappa shape index (κ2) is 9.62. The first-order valence-corrected chi connectivity index (χ1v) is 11.8. The molecule has 6 nitrogen and oxygen atoms in total. The Morgan fingerprint density at radius 2 is 1.87 bits per heavy atom. The van der Waals surface area contributed by atoms with E-state index in [0.29, 0.717) is 32.5 Å². The summed E-state index contributed by atoms with van der Waals surface area (Å²) in [7, 11) is -3.59. The highest BCUT2D eigenvalue weighted by Gasteiger charge is 2.33. The lowest BCUT2D eigenvalue weighted by atomic mass is 9.99. The number of ether oxygens (including phenoxy) is 1. The number of carbonyl (C=O) groups is 1. The molecule has 1 N–H and O–H groups in total. The minimum atomic E-state index is -3.59. The fourth-order valence-corrected chi connectivity index (χ4v) is 5.12. The van der Waals surface area contributed by atoms with Crippen LogP contribution in [-0.2, 0) is 14.8 Å². The molecule has 1 aliphatic rings. The number of rotatable bonds is 7. The molecule has 1 heterocycles. The van der Waals surface area contributed by atoms with Gasteiger partial charge in [0.1, 0.15) is 12.4 Å². The Kier molecular flexibility index (Phi) is 7.15. The molecular weight excluding hydrogens is 400 g/mol. The third-order valence-electron chi connectivity index (χ3n) is 5.63. The molecule has 1 atom stereocenters. The van der Waals surface area contributed by atoms with Gasteiger partial charge in [-0.1, -0.05) is 29.8 Å². The van der Waals surface area contributed by atoms with Crippen LogP contribution in [0, 0.1) is 26.7 Å². The highest BCUT2D eigenvalue weighted by molar-refractivity contribution is 7.89. The molecule has 0 bridgehead atoms. The summed E-state index contributed by atoms with van der Waals surface area (Å²) in [6, 6.07) is 12.7. The van der Waals surface area contributed by atoms with Gasteiger partial charge < -0.3 is 10.1 Å². The number of nitrogens with zero attached hydrogens (tertiary/aromatic N) is 1. The molecule has 162 valence electrons. The topological polar surface area (TPSA) is 75.7 Å². The third-order valence-corrected chi connectivity index (χ3v) is 7.51. The van der Waals surface area contributed by atoms with Crippen molar-refractivity contribution in [3.05, 3.63) is 59.2 Å². The lowest BCUT2D eigenvalue weighted by Gasteiger charge is -2.31. The van der Waals surface area contributed by atoms with Crippen molar-refractivity contribution in [1.29, 1.82) is 0 Å². The number of hydrogen-bond acceptors (Lipinski definition) is 4. The van der Waals surface area contributed by atoms with E-state index in [9.17, 15) is 13.2 Å². The fourth-order valence-electron chi connectivity index (χ4n) is 3.59. The number of aryl methyl sites for hydroxylation is 2. The smallest absolute Gasteiger partial charge is 0.243 e. The van der Waals surface area contributed by atoms with Crippen LogP contribution in [0.1, 0.15) is 29.5 Å². The minimum absolute atomic E-state index is 0.122. The third kappa shape index (κ3) is 5.21. The van der Waals surface area contributed by atoms with E-state index in [-0.39, 0.29) is 23.3 Å². The molecule has 1 aliphatic heterocycles. The Hall–Kier alpha value is -2.38. The zero-order valence-electron chi connectivity index (χ0n) is 17.8.